The molecule has 72 valence electrons. The molecule has 1 saturated carbocycles. The van der Waals surface area contributed by atoms with Crippen LogP contribution < -0.4 is 10.6 Å². The molecule has 3 heteroatoms. The molecule has 0 spiro atoms. The predicted molar refractivity (Wildman–Crippen MR) is 52.1 cm³/mol. The SMILES string of the molecule is C#CCNC(=O)C1(NC)CCCC1. The lowest BCUT2D eigenvalue weighted by molar-refractivity contribution is -0.127. The summed E-state index contributed by atoms with van der Waals surface area (Å²) in [5.74, 6) is 2.45. The van der Waals surface area contributed by atoms with E-state index < -0.39 is 0 Å². The first-order chi connectivity index (χ1) is 6.25. The van der Waals surface area contributed by atoms with Gasteiger partial charge in [-0.3, -0.25) is 4.79 Å². The van der Waals surface area contributed by atoms with Crippen molar-refractivity contribution >= 4 is 5.91 Å². The smallest absolute Gasteiger partial charge is 0.241 e. The fourth-order valence-electron chi connectivity index (χ4n) is 1.87. The van der Waals surface area contributed by atoms with E-state index in [1.165, 1.54) is 0 Å². The zero-order chi connectivity index (χ0) is 9.73. The molecule has 1 aliphatic rings. The highest BCUT2D eigenvalue weighted by Gasteiger charge is 2.39. The molecule has 1 aliphatic carbocycles. The number of likely N-dealkylation sites (N-methyl/N-ethyl adjacent to an activating group) is 1. The Hall–Kier alpha value is -1.01. The van der Waals surface area contributed by atoms with E-state index in [1.54, 1.807) is 0 Å². The lowest BCUT2D eigenvalue weighted by Gasteiger charge is -2.26. The van der Waals surface area contributed by atoms with Crippen molar-refractivity contribution in [3.8, 4) is 12.3 Å². The highest BCUT2D eigenvalue weighted by molar-refractivity contribution is 5.86. The van der Waals surface area contributed by atoms with Gasteiger partial charge in [0.15, 0.2) is 0 Å². The minimum absolute atomic E-state index is 0.0467. The van der Waals surface area contributed by atoms with Gasteiger partial charge in [-0.05, 0) is 19.9 Å². The van der Waals surface area contributed by atoms with Crippen molar-refractivity contribution in [1.29, 1.82) is 0 Å². The Bertz CT molecular complexity index is 224. The van der Waals surface area contributed by atoms with Crippen molar-refractivity contribution in [1.82, 2.24) is 10.6 Å². The minimum atomic E-state index is -0.350. The molecule has 0 radical (unpaired) electrons. The summed E-state index contributed by atoms with van der Waals surface area (Å²) in [5, 5.41) is 5.83. The first-order valence-electron chi connectivity index (χ1n) is 4.66. The lowest BCUT2D eigenvalue weighted by atomic mass is 9.97. The second-order valence-corrected chi connectivity index (χ2v) is 3.43. The normalized spacial score (nSPS) is 19.4. The molecule has 0 atom stereocenters. The molecule has 0 aromatic heterocycles. The Kier molecular flexibility index (Phi) is 3.32. The maximum Gasteiger partial charge on any atom is 0.241 e. The molecule has 1 fully saturated rings. The van der Waals surface area contributed by atoms with Gasteiger partial charge in [0.1, 0.15) is 0 Å². The summed E-state index contributed by atoms with van der Waals surface area (Å²) in [6.07, 6.45) is 9.14. The number of terminal acetylenes is 1. The van der Waals surface area contributed by atoms with E-state index in [-0.39, 0.29) is 11.4 Å². The Morgan fingerprint density at radius 3 is 2.62 bits per heavy atom. The van der Waals surface area contributed by atoms with Gasteiger partial charge in [-0.1, -0.05) is 18.8 Å². The van der Waals surface area contributed by atoms with Gasteiger partial charge in [0.05, 0.1) is 12.1 Å². The fraction of sp³-hybridized carbons (Fsp3) is 0.700. The molecule has 0 aliphatic heterocycles. The molecular weight excluding hydrogens is 164 g/mol. The van der Waals surface area contributed by atoms with Crippen LogP contribution in [0.3, 0.4) is 0 Å². The van der Waals surface area contributed by atoms with Crippen LogP contribution in [0.1, 0.15) is 25.7 Å². The lowest BCUT2D eigenvalue weighted by Crippen LogP contribution is -2.53. The first-order valence-corrected chi connectivity index (χ1v) is 4.66. The molecule has 1 rings (SSSR count). The van der Waals surface area contributed by atoms with Gasteiger partial charge in [-0.25, -0.2) is 0 Å². The minimum Gasteiger partial charge on any atom is -0.344 e. The maximum absolute atomic E-state index is 11.7. The number of hydrogen-bond acceptors (Lipinski definition) is 2. The largest absolute Gasteiger partial charge is 0.344 e. The average Bonchev–Trinajstić information content (AvgIpc) is 2.63. The first kappa shape index (κ1) is 10.1. The fourth-order valence-corrected chi connectivity index (χ4v) is 1.87. The third-order valence-electron chi connectivity index (χ3n) is 2.72. The van der Waals surface area contributed by atoms with Crippen molar-refractivity contribution in [2.45, 2.75) is 31.2 Å². The Balaban J connectivity index is 2.55. The molecule has 0 heterocycles. The highest BCUT2D eigenvalue weighted by Crippen LogP contribution is 2.29. The molecule has 0 bridgehead atoms. The number of amides is 1. The molecule has 0 aromatic carbocycles. The molecule has 13 heavy (non-hydrogen) atoms. The van der Waals surface area contributed by atoms with Crippen LogP contribution in [0.2, 0.25) is 0 Å². The molecule has 0 saturated heterocycles. The number of carbonyl (C=O) groups is 1. The second-order valence-electron chi connectivity index (χ2n) is 3.43. The second kappa shape index (κ2) is 4.29. The number of hydrogen-bond donors (Lipinski definition) is 2. The molecule has 2 N–H and O–H groups in total. The molecule has 0 unspecified atom stereocenters. The monoisotopic (exact) mass is 180 g/mol. The molecule has 0 aromatic rings. The molecule has 1 amide bonds. The highest BCUT2D eigenvalue weighted by atomic mass is 16.2. The van der Waals surface area contributed by atoms with Crippen molar-refractivity contribution in [3.05, 3.63) is 0 Å². The summed E-state index contributed by atoms with van der Waals surface area (Å²) in [4.78, 5) is 11.7. The van der Waals surface area contributed by atoms with E-state index in [9.17, 15) is 4.79 Å². The zero-order valence-corrected chi connectivity index (χ0v) is 8.02. The summed E-state index contributed by atoms with van der Waals surface area (Å²) >= 11 is 0. The van der Waals surface area contributed by atoms with Gasteiger partial charge < -0.3 is 10.6 Å². The van der Waals surface area contributed by atoms with E-state index >= 15 is 0 Å². The van der Waals surface area contributed by atoms with Crippen LogP contribution in [0.4, 0.5) is 0 Å². The van der Waals surface area contributed by atoms with E-state index in [0.29, 0.717) is 6.54 Å². The van der Waals surface area contributed by atoms with E-state index in [0.717, 1.165) is 25.7 Å². The van der Waals surface area contributed by atoms with Crippen LogP contribution in [0, 0.1) is 12.3 Å². The summed E-state index contributed by atoms with van der Waals surface area (Å²) < 4.78 is 0. The average molecular weight is 180 g/mol. The topological polar surface area (TPSA) is 41.1 Å². The van der Waals surface area contributed by atoms with Gasteiger partial charge >= 0.3 is 0 Å². The van der Waals surface area contributed by atoms with Gasteiger partial charge in [0, 0.05) is 0 Å². The molecule has 3 nitrogen and oxygen atoms in total. The van der Waals surface area contributed by atoms with Crippen LogP contribution in [-0.2, 0) is 4.79 Å². The quantitative estimate of drug-likeness (QED) is 0.612. The Morgan fingerprint density at radius 1 is 1.54 bits per heavy atom. The predicted octanol–water partition coefficient (Wildman–Crippen LogP) is 0.268. The summed E-state index contributed by atoms with van der Waals surface area (Å²) in [5.41, 5.74) is -0.350. The Morgan fingerprint density at radius 2 is 2.15 bits per heavy atom. The van der Waals surface area contributed by atoms with E-state index in [4.69, 9.17) is 6.42 Å². The van der Waals surface area contributed by atoms with E-state index in [2.05, 4.69) is 16.6 Å². The number of rotatable bonds is 3. The van der Waals surface area contributed by atoms with Crippen LogP contribution in [0.25, 0.3) is 0 Å². The zero-order valence-electron chi connectivity index (χ0n) is 8.02. The van der Waals surface area contributed by atoms with Gasteiger partial charge in [-0.15, -0.1) is 6.42 Å². The Labute approximate surface area is 79.3 Å². The standard InChI is InChI=1S/C10H16N2O/c1-3-8-12-9(13)10(11-2)6-4-5-7-10/h1,11H,4-8H2,2H3,(H,12,13). The maximum atomic E-state index is 11.7. The van der Waals surface area contributed by atoms with Crippen molar-refractivity contribution < 1.29 is 4.79 Å². The summed E-state index contributed by atoms with van der Waals surface area (Å²) in [6.45, 7) is 0.322. The number of carbonyl (C=O) groups excluding carboxylic acids is 1. The third kappa shape index (κ3) is 2.02. The van der Waals surface area contributed by atoms with Gasteiger partial charge in [0.2, 0.25) is 5.91 Å². The van der Waals surface area contributed by atoms with Crippen molar-refractivity contribution in [3.63, 3.8) is 0 Å². The van der Waals surface area contributed by atoms with Crippen LogP contribution >= 0.6 is 0 Å². The van der Waals surface area contributed by atoms with Gasteiger partial charge in [-0.2, -0.15) is 0 Å². The van der Waals surface area contributed by atoms with E-state index in [1.807, 2.05) is 7.05 Å². The van der Waals surface area contributed by atoms with Crippen molar-refractivity contribution in [2.75, 3.05) is 13.6 Å². The summed E-state index contributed by atoms with van der Waals surface area (Å²) in [6, 6.07) is 0. The third-order valence-corrected chi connectivity index (χ3v) is 2.72. The van der Waals surface area contributed by atoms with Crippen LogP contribution in [0.5, 0.6) is 0 Å². The van der Waals surface area contributed by atoms with Crippen LogP contribution in [-0.4, -0.2) is 25.0 Å². The van der Waals surface area contributed by atoms with Crippen molar-refractivity contribution in [2.24, 2.45) is 0 Å². The summed E-state index contributed by atoms with van der Waals surface area (Å²) in [7, 11) is 1.83. The van der Waals surface area contributed by atoms with Crippen LogP contribution in [0.15, 0.2) is 0 Å². The number of nitrogens with one attached hydrogen (secondary N) is 2. The molecular formula is C10H16N2O. The van der Waals surface area contributed by atoms with Gasteiger partial charge in [0.25, 0.3) is 0 Å².